The molecule has 0 aliphatic heterocycles. The molecule has 4 aromatic rings. The first-order chi connectivity index (χ1) is 12.4. The molecule has 26 heavy (non-hydrogen) atoms. The van der Waals surface area contributed by atoms with E-state index >= 15 is 0 Å². The fourth-order valence-corrected chi connectivity index (χ4v) is 4.25. The Bertz CT molecular complexity index is 1090. The lowest BCUT2D eigenvalue weighted by atomic mass is 9.94. The Balaban J connectivity index is 2.14. The molecule has 1 aromatic heterocycles. The van der Waals surface area contributed by atoms with Crippen LogP contribution in [0.15, 0.2) is 60.7 Å². The fourth-order valence-electron chi connectivity index (χ4n) is 4.25. The van der Waals surface area contributed by atoms with Crippen LogP contribution in [0.3, 0.4) is 0 Å². The van der Waals surface area contributed by atoms with E-state index in [1.165, 1.54) is 55.5 Å². The summed E-state index contributed by atoms with van der Waals surface area (Å²) in [5.41, 5.74) is 11.7. The Morgan fingerprint density at radius 1 is 0.615 bits per heavy atom. The first kappa shape index (κ1) is 16.7. The second-order valence-electron chi connectivity index (χ2n) is 7.55. The van der Waals surface area contributed by atoms with Crippen molar-refractivity contribution in [3.05, 3.63) is 82.9 Å². The normalized spacial score (nSPS) is 11.3. The molecular formula is C25H25N. The summed E-state index contributed by atoms with van der Waals surface area (Å²) in [4.78, 5) is 0. The molecule has 130 valence electrons. The monoisotopic (exact) mass is 339 g/mol. The first-order valence-corrected chi connectivity index (χ1v) is 9.19. The van der Waals surface area contributed by atoms with Crippen molar-refractivity contribution in [1.82, 2.24) is 4.57 Å². The van der Waals surface area contributed by atoms with Crippen LogP contribution in [0.4, 0.5) is 0 Å². The molecular weight excluding hydrogens is 314 g/mol. The number of rotatable bonds is 2. The van der Waals surface area contributed by atoms with E-state index in [9.17, 15) is 0 Å². The van der Waals surface area contributed by atoms with Crippen LogP contribution in [0.2, 0.25) is 0 Å². The van der Waals surface area contributed by atoms with Crippen LogP contribution in [-0.4, -0.2) is 4.57 Å². The molecule has 0 unspecified atom stereocenters. The summed E-state index contributed by atoms with van der Waals surface area (Å²) in [6.07, 6.45) is 0. The Morgan fingerprint density at radius 2 is 1.12 bits per heavy atom. The molecule has 0 N–H and O–H groups in total. The zero-order chi connectivity index (χ0) is 18.4. The van der Waals surface area contributed by atoms with Gasteiger partial charge in [-0.1, -0.05) is 64.7 Å². The van der Waals surface area contributed by atoms with Gasteiger partial charge in [-0.3, -0.25) is 0 Å². The van der Waals surface area contributed by atoms with Crippen molar-refractivity contribution in [2.45, 2.75) is 27.7 Å². The van der Waals surface area contributed by atoms with Crippen LogP contribution in [0.1, 0.15) is 22.3 Å². The molecule has 0 aliphatic carbocycles. The minimum atomic E-state index is 1.27. The van der Waals surface area contributed by atoms with E-state index in [0.717, 1.165) is 0 Å². The molecule has 0 saturated carbocycles. The van der Waals surface area contributed by atoms with Crippen molar-refractivity contribution >= 4 is 10.9 Å². The molecule has 0 fully saturated rings. The van der Waals surface area contributed by atoms with Crippen LogP contribution < -0.4 is 0 Å². The Kier molecular flexibility index (Phi) is 3.96. The molecule has 0 bridgehead atoms. The van der Waals surface area contributed by atoms with Gasteiger partial charge in [-0.2, -0.15) is 0 Å². The van der Waals surface area contributed by atoms with Crippen molar-refractivity contribution < 1.29 is 0 Å². The van der Waals surface area contributed by atoms with Gasteiger partial charge in [0, 0.05) is 23.5 Å². The number of aryl methyl sites for hydroxylation is 5. The molecule has 0 aliphatic rings. The smallest absolute Gasteiger partial charge is 0.0568 e. The highest BCUT2D eigenvalue weighted by Crippen LogP contribution is 2.41. The van der Waals surface area contributed by atoms with Gasteiger partial charge >= 0.3 is 0 Å². The van der Waals surface area contributed by atoms with Crippen molar-refractivity contribution in [3.8, 4) is 22.4 Å². The highest BCUT2D eigenvalue weighted by molar-refractivity contribution is 6.04. The summed E-state index contributed by atoms with van der Waals surface area (Å²) in [6, 6.07) is 22.4. The van der Waals surface area contributed by atoms with Crippen molar-refractivity contribution in [3.63, 3.8) is 0 Å². The number of benzene rings is 3. The molecule has 0 saturated heterocycles. The van der Waals surface area contributed by atoms with Gasteiger partial charge in [0.25, 0.3) is 0 Å². The molecule has 0 radical (unpaired) electrons. The third-order valence-electron chi connectivity index (χ3n) is 5.11. The van der Waals surface area contributed by atoms with Crippen molar-refractivity contribution in [2.24, 2.45) is 7.05 Å². The average molecular weight is 339 g/mol. The molecule has 0 spiro atoms. The van der Waals surface area contributed by atoms with E-state index in [1.807, 2.05) is 0 Å². The number of para-hydroxylation sites is 1. The van der Waals surface area contributed by atoms with Crippen LogP contribution in [-0.2, 0) is 7.05 Å². The summed E-state index contributed by atoms with van der Waals surface area (Å²) >= 11 is 0. The summed E-state index contributed by atoms with van der Waals surface area (Å²) in [5.74, 6) is 0. The standard InChI is InChI=1S/C25H25N/c1-16-10-17(2)13-20(12-16)24-22-8-6-7-9-23(22)26(5)25(24)21-14-18(3)11-19(4)15-21/h6-15H,1-5H3. The maximum atomic E-state index is 2.34. The van der Waals surface area contributed by atoms with Crippen LogP contribution in [0.5, 0.6) is 0 Å². The highest BCUT2D eigenvalue weighted by atomic mass is 15.0. The summed E-state index contributed by atoms with van der Waals surface area (Å²) < 4.78 is 2.34. The van der Waals surface area contributed by atoms with Crippen LogP contribution in [0, 0.1) is 27.7 Å². The van der Waals surface area contributed by atoms with E-state index in [0.29, 0.717) is 0 Å². The molecule has 4 rings (SSSR count). The lowest BCUT2D eigenvalue weighted by molar-refractivity contribution is 0.978. The van der Waals surface area contributed by atoms with Crippen molar-refractivity contribution in [2.75, 3.05) is 0 Å². The van der Waals surface area contributed by atoms with Gasteiger partial charge < -0.3 is 4.57 Å². The SMILES string of the molecule is Cc1cc(C)cc(-c2c(-c3cc(C)cc(C)c3)n(C)c3ccccc23)c1. The van der Waals surface area contributed by atoms with Crippen molar-refractivity contribution in [1.29, 1.82) is 0 Å². The van der Waals surface area contributed by atoms with Gasteiger partial charge in [-0.05, 0) is 57.0 Å². The average Bonchev–Trinajstić information content (AvgIpc) is 2.86. The number of hydrogen-bond acceptors (Lipinski definition) is 0. The Hall–Kier alpha value is -2.80. The maximum absolute atomic E-state index is 2.34. The summed E-state index contributed by atoms with van der Waals surface area (Å²) in [6.45, 7) is 8.71. The van der Waals surface area contributed by atoms with Gasteiger partial charge in [0.05, 0.1) is 5.69 Å². The zero-order valence-electron chi connectivity index (χ0n) is 16.2. The summed E-state index contributed by atoms with van der Waals surface area (Å²) in [7, 11) is 2.18. The predicted molar refractivity (Wildman–Crippen MR) is 113 cm³/mol. The second kappa shape index (κ2) is 6.17. The van der Waals surface area contributed by atoms with Gasteiger partial charge in [-0.25, -0.2) is 0 Å². The van der Waals surface area contributed by atoms with Gasteiger partial charge in [0.2, 0.25) is 0 Å². The minimum Gasteiger partial charge on any atom is -0.343 e. The quantitative estimate of drug-likeness (QED) is 0.381. The summed E-state index contributed by atoms with van der Waals surface area (Å²) in [5, 5.41) is 1.31. The highest BCUT2D eigenvalue weighted by Gasteiger charge is 2.18. The van der Waals surface area contributed by atoms with Gasteiger partial charge in [0.15, 0.2) is 0 Å². The van der Waals surface area contributed by atoms with Gasteiger partial charge in [-0.15, -0.1) is 0 Å². The van der Waals surface area contributed by atoms with E-state index in [2.05, 4.69) is 100.0 Å². The molecule has 3 aromatic carbocycles. The lowest BCUT2D eigenvalue weighted by Gasteiger charge is -2.12. The molecule has 0 amide bonds. The lowest BCUT2D eigenvalue weighted by Crippen LogP contribution is -1.94. The predicted octanol–water partition coefficient (Wildman–Crippen LogP) is 6.75. The Morgan fingerprint density at radius 3 is 1.69 bits per heavy atom. The van der Waals surface area contributed by atoms with E-state index in [4.69, 9.17) is 0 Å². The topological polar surface area (TPSA) is 4.93 Å². The first-order valence-electron chi connectivity index (χ1n) is 9.19. The van der Waals surface area contributed by atoms with Crippen LogP contribution in [0.25, 0.3) is 33.3 Å². The number of nitrogens with zero attached hydrogens (tertiary/aromatic N) is 1. The fraction of sp³-hybridized carbons (Fsp3) is 0.200. The number of hydrogen-bond donors (Lipinski definition) is 0. The molecule has 0 atom stereocenters. The van der Waals surface area contributed by atoms with Crippen LogP contribution >= 0.6 is 0 Å². The van der Waals surface area contributed by atoms with E-state index in [1.54, 1.807) is 0 Å². The zero-order valence-corrected chi connectivity index (χ0v) is 16.2. The minimum absolute atomic E-state index is 1.27. The molecule has 1 nitrogen and oxygen atoms in total. The number of aromatic nitrogens is 1. The van der Waals surface area contributed by atoms with E-state index < -0.39 is 0 Å². The van der Waals surface area contributed by atoms with E-state index in [-0.39, 0.29) is 0 Å². The molecule has 1 heterocycles. The molecule has 1 heteroatoms. The Labute approximate surface area is 155 Å². The largest absolute Gasteiger partial charge is 0.343 e. The second-order valence-corrected chi connectivity index (χ2v) is 7.55. The third kappa shape index (κ3) is 2.74. The number of fused-ring (bicyclic) bond motifs is 1. The van der Waals surface area contributed by atoms with Gasteiger partial charge in [0.1, 0.15) is 0 Å². The third-order valence-corrected chi connectivity index (χ3v) is 5.11. The maximum Gasteiger partial charge on any atom is 0.0568 e.